The molecule has 2 rings (SSSR count). The number of hydrogen-bond donors (Lipinski definition) is 0. The molecule has 20 heavy (non-hydrogen) atoms. The van der Waals surface area contributed by atoms with Crippen LogP contribution in [0.15, 0.2) is 54.6 Å². The average Bonchev–Trinajstić information content (AvgIpc) is 2.52. The van der Waals surface area contributed by atoms with Gasteiger partial charge in [-0.1, -0.05) is 46.3 Å². The van der Waals surface area contributed by atoms with E-state index in [1.807, 2.05) is 54.6 Å². The first-order chi connectivity index (χ1) is 9.79. The van der Waals surface area contributed by atoms with Gasteiger partial charge in [0.25, 0.3) is 0 Å². The fraction of sp³-hybridized carbons (Fsp3) is 0.235. The summed E-state index contributed by atoms with van der Waals surface area (Å²) in [6, 6.07) is 17.4. The van der Waals surface area contributed by atoms with Crippen molar-refractivity contribution in [2.75, 3.05) is 5.33 Å². The smallest absolute Gasteiger partial charge is 0.162 e. The molecule has 2 aromatic rings. The SMILES string of the molecule is O=C(CCCBr)c1ccc(OCc2ccccc2)cc1. The van der Waals surface area contributed by atoms with Gasteiger partial charge in [0.15, 0.2) is 5.78 Å². The minimum Gasteiger partial charge on any atom is -0.489 e. The van der Waals surface area contributed by atoms with Crippen molar-refractivity contribution in [2.45, 2.75) is 19.4 Å². The van der Waals surface area contributed by atoms with Gasteiger partial charge in [-0.25, -0.2) is 0 Å². The van der Waals surface area contributed by atoms with Crippen LogP contribution in [0.3, 0.4) is 0 Å². The van der Waals surface area contributed by atoms with Gasteiger partial charge in [0.2, 0.25) is 0 Å². The quantitative estimate of drug-likeness (QED) is 0.546. The molecule has 0 aliphatic carbocycles. The van der Waals surface area contributed by atoms with Crippen LogP contribution in [0, 0.1) is 0 Å². The van der Waals surface area contributed by atoms with E-state index < -0.39 is 0 Å². The van der Waals surface area contributed by atoms with Crippen LogP contribution in [0.1, 0.15) is 28.8 Å². The molecule has 0 radical (unpaired) electrons. The number of Topliss-reactive ketones (excluding diaryl/α,β-unsaturated/α-hetero) is 1. The molecule has 0 saturated carbocycles. The summed E-state index contributed by atoms with van der Waals surface area (Å²) < 4.78 is 5.69. The Kier molecular flexibility index (Phi) is 5.81. The van der Waals surface area contributed by atoms with Crippen LogP contribution in [0.4, 0.5) is 0 Å². The number of hydrogen-bond acceptors (Lipinski definition) is 2. The zero-order valence-electron chi connectivity index (χ0n) is 11.2. The molecule has 0 aliphatic rings. The monoisotopic (exact) mass is 332 g/mol. The number of alkyl halides is 1. The summed E-state index contributed by atoms with van der Waals surface area (Å²) in [5.41, 5.74) is 1.88. The third-order valence-electron chi connectivity index (χ3n) is 2.96. The van der Waals surface area contributed by atoms with Crippen LogP contribution in [-0.2, 0) is 6.61 Å². The molecule has 0 spiro atoms. The fourth-order valence-corrected chi connectivity index (χ4v) is 2.13. The van der Waals surface area contributed by atoms with Gasteiger partial charge in [-0.3, -0.25) is 4.79 Å². The number of ketones is 1. The zero-order valence-corrected chi connectivity index (χ0v) is 12.8. The van der Waals surface area contributed by atoms with Gasteiger partial charge >= 0.3 is 0 Å². The lowest BCUT2D eigenvalue weighted by molar-refractivity contribution is 0.0982. The van der Waals surface area contributed by atoms with Gasteiger partial charge in [-0.2, -0.15) is 0 Å². The Hall–Kier alpha value is -1.61. The van der Waals surface area contributed by atoms with Gasteiger partial charge in [-0.15, -0.1) is 0 Å². The van der Waals surface area contributed by atoms with Gasteiger partial charge < -0.3 is 4.74 Å². The Morgan fingerprint density at radius 2 is 1.70 bits per heavy atom. The Balaban J connectivity index is 1.90. The highest BCUT2D eigenvalue weighted by molar-refractivity contribution is 9.09. The molecular formula is C17H17BrO2. The second-order valence-electron chi connectivity index (χ2n) is 4.51. The number of carbonyl (C=O) groups is 1. The molecule has 0 aliphatic heterocycles. The summed E-state index contributed by atoms with van der Waals surface area (Å²) >= 11 is 3.33. The zero-order chi connectivity index (χ0) is 14.2. The predicted molar refractivity (Wildman–Crippen MR) is 84.6 cm³/mol. The van der Waals surface area contributed by atoms with E-state index >= 15 is 0 Å². The summed E-state index contributed by atoms with van der Waals surface area (Å²) in [6.45, 7) is 0.539. The van der Waals surface area contributed by atoms with E-state index in [2.05, 4.69) is 15.9 Å². The summed E-state index contributed by atoms with van der Waals surface area (Å²) in [7, 11) is 0. The van der Waals surface area contributed by atoms with Crippen molar-refractivity contribution < 1.29 is 9.53 Å². The maximum Gasteiger partial charge on any atom is 0.162 e. The lowest BCUT2D eigenvalue weighted by Gasteiger charge is -2.07. The maximum atomic E-state index is 11.8. The van der Waals surface area contributed by atoms with Crippen molar-refractivity contribution in [1.82, 2.24) is 0 Å². The topological polar surface area (TPSA) is 26.3 Å². The van der Waals surface area contributed by atoms with Gasteiger partial charge in [0.1, 0.15) is 12.4 Å². The molecule has 104 valence electrons. The Bertz CT molecular complexity index is 535. The molecule has 0 amide bonds. The van der Waals surface area contributed by atoms with Crippen LogP contribution in [-0.4, -0.2) is 11.1 Å². The molecule has 0 N–H and O–H groups in total. The summed E-state index contributed by atoms with van der Waals surface area (Å²) in [5.74, 6) is 0.963. The first-order valence-electron chi connectivity index (χ1n) is 6.65. The van der Waals surface area contributed by atoms with E-state index in [1.165, 1.54) is 0 Å². The van der Waals surface area contributed by atoms with E-state index in [-0.39, 0.29) is 5.78 Å². The van der Waals surface area contributed by atoms with Gasteiger partial charge in [0, 0.05) is 17.3 Å². The molecule has 0 saturated heterocycles. The Morgan fingerprint density at radius 1 is 1.00 bits per heavy atom. The first kappa shape index (κ1) is 14.8. The molecular weight excluding hydrogens is 316 g/mol. The third kappa shape index (κ3) is 4.49. The highest BCUT2D eigenvalue weighted by atomic mass is 79.9. The van der Waals surface area contributed by atoms with E-state index in [0.717, 1.165) is 28.6 Å². The van der Waals surface area contributed by atoms with Crippen LogP contribution in [0.2, 0.25) is 0 Å². The molecule has 0 fully saturated rings. The molecule has 3 heteroatoms. The van der Waals surface area contributed by atoms with E-state index in [0.29, 0.717) is 13.0 Å². The first-order valence-corrected chi connectivity index (χ1v) is 7.77. The van der Waals surface area contributed by atoms with E-state index in [9.17, 15) is 4.79 Å². The van der Waals surface area contributed by atoms with Crippen LogP contribution < -0.4 is 4.74 Å². The van der Waals surface area contributed by atoms with Gasteiger partial charge in [0.05, 0.1) is 0 Å². The summed E-state index contributed by atoms with van der Waals surface area (Å²) in [4.78, 5) is 11.8. The standard InChI is InChI=1S/C17H17BrO2/c18-12-4-7-17(19)15-8-10-16(11-9-15)20-13-14-5-2-1-3-6-14/h1-3,5-6,8-11H,4,7,12-13H2. The van der Waals surface area contributed by atoms with E-state index in [1.54, 1.807) is 0 Å². The minimum absolute atomic E-state index is 0.180. The fourth-order valence-electron chi connectivity index (χ4n) is 1.85. The van der Waals surface area contributed by atoms with Crippen molar-refractivity contribution in [3.63, 3.8) is 0 Å². The third-order valence-corrected chi connectivity index (χ3v) is 3.52. The number of benzene rings is 2. The Morgan fingerprint density at radius 3 is 2.35 bits per heavy atom. The average molecular weight is 333 g/mol. The molecule has 0 aromatic heterocycles. The van der Waals surface area contributed by atoms with Crippen molar-refractivity contribution in [3.05, 3.63) is 65.7 Å². The predicted octanol–water partition coefficient (Wildman–Crippen LogP) is 4.62. The molecule has 0 unspecified atom stereocenters. The van der Waals surface area contributed by atoms with Crippen LogP contribution in [0.5, 0.6) is 5.75 Å². The molecule has 2 nitrogen and oxygen atoms in total. The molecule has 2 aromatic carbocycles. The number of carbonyl (C=O) groups excluding carboxylic acids is 1. The lowest BCUT2D eigenvalue weighted by Crippen LogP contribution is -2.00. The maximum absolute atomic E-state index is 11.8. The number of rotatable bonds is 7. The lowest BCUT2D eigenvalue weighted by atomic mass is 10.1. The van der Waals surface area contributed by atoms with Crippen molar-refractivity contribution in [2.24, 2.45) is 0 Å². The van der Waals surface area contributed by atoms with E-state index in [4.69, 9.17) is 4.74 Å². The highest BCUT2D eigenvalue weighted by Gasteiger charge is 2.05. The minimum atomic E-state index is 0.180. The summed E-state index contributed by atoms with van der Waals surface area (Å²) in [5, 5.41) is 0.858. The van der Waals surface area contributed by atoms with Crippen molar-refractivity contribution in [1.29, 1.82) is 0 Å². The second-order valence-corrected chi connectivity index (χ2v) is 5.31. The van der Waals surface area contributed by atoms with Crippen molar-refractivity contribution in [3.8, 4) is 5.75 Å². The van der Waals surface area contributed by atoms with Crippen LogP contribution >= 0.6 is 15.9 Å². The van der Waals surface area contributed by atoms with Gasteiger partial charge in [-0.05, 0) is 36.2 Å². The number of ether oxygens (including phenoxy) is 1. The second kappa shape index (κ2) is 7.85. The number of halogens is 1. The molecule has 0 heterocycles. The van der Waals surface area contributed by atoms with Crippen LogP contribution in [0.25, 0.3) is 0 Å². The molecule has 0 atom stereocenters. The highest BCUT2D eigenvalue weighted by Crippen LogP contribution is 2.16. The van der Waals surface area contributed by atoms with Crippen molar-refractivity contribution >= 4 is 21.7 Å². The largest absolute Gasteiger partial charge is 0.489 e. The summed E-state index contributed by atoms with van der Waals surface area (Å²) in [6.07, 6.45) is 1.45. The Labute approximate surface area is 127 Å². The normalized spacial score (nSPS) is 10.2. The molecule has 0 bridgehead atoms.